The van der Waals surface area contributed by atoms with Gasteiger partial charge in [-0.05, 0) is 23.8 Å². The average Bonchev–Trinajstić information content (AvgIpc) is 3.10. The van der Waals surface area contributed by atoms with Crippen LogP contribution in [-0.4, -0.2) is 32.0 Å². The van der Waals surface area contributed by atoms with E-state index < -0.39 is 0 Å². The highest BCUT2D eigenvalue weighted by Gasteiger charge is 2.27. The van der Waals surface area contributed by atoms with Gasteiger partial charge in [-0.3, -0.25) is 25.0 Å². The second-order valence-corrected chi connectivity index (χ2v) is 6.01. The van der Waals surface area contributed by atoms with Crippen molar-refractivity contribution >= 4 is 23.5 Å². The molecule has 0 spiro atoms. The Morgan fingerprint density at radius 2 is 2.04 bits per heavy atom. The van der Waals surface area contributed by atoms with Gasteiger partial charge in [-0.15, -0.1) is 5.10 Å². The molecule has 0 fully saturated rings. The first-order valence-corrected chi connectivity index (χ1v) is 8.21. The molecule has 2 aromatic heterocycles. The summed E-state index contributed by atoms with van der Waals surface area (Å²) in [5.74, 6) is 0.157. The summed E-state index contributed by atoms with van der Waals surface area (Å²) in [4.78, 5) is 32.7. The summed E-state index contributed by atoms with van der Waals surface area (Å²) in [6, 6.07) is 13.0. The van der Waals surface area contributed by atoms with E-state index in [1.54, 1.807) is 18.3 Å². The van der Waals surface area contributed by atoms with E-state index >= 15 is 0 Å². The number of benzene rings is 1. The number of aromatic amines is 1. The number of hydrogen-bond acceptors (Lipinski definition) is 5. The van der Waals surface area contributed by atoms with Gasteiger partial charge in [0.1, 0.15) is 5.69 Å². The zero-order chi connectivity index (χ0) is 17.9. The Kier molecular flexibility index (Phi) is 4.14. The number of para-hydroxylation sites is 1. The highest BCUT2D eigenvalue weighted by Crippen LogP contribution is 2.34. The summed E-state index contributed by atoms with van der Waals surface area (Å²) >= 11 is 0. The van der Waals surface area contributed by atoms with Crippen LogP contribution in [0.25, 0.3) is 11.5 Å². The van der Waals surface area contributed by atoms with Gasteiger partial charge < -0.3 is 5.32 Å². The lowest BCUT2D eigenvalue weighted by atomic mass is 9.88. The molecule has 0 bridgehead atoms. The highest BCUT2D eigenvalue weighted by atomic mass is 16.2. The Morgan fingerprint density at radius 3 is 2.88 bits per heavy atom. The maximum atomic E-state index is 12.4. The number of nitrogens with one attached hydrogen (secondary N) is 3. The highest BCUT2D eigenvalue weighted by molar-refractivity contribution is 5.96. The Hall–Kier alpha value is -3.55. The molecule has 2 amide bonds. The summed E-state index contributed by atoms with van der Waals surface area (Å²) in [6.07, 6.45) is 2.11. The molecule has 0 saturated carbocycles. The second kappa shape index (κ2) is 6.75. The summed E-state index contributed by atoms with van der Waals surface area (Å²) in [6.45, 7) is 0. The number of H-pyrrole nitrogens is 1. The van der Waals surface area contributed by atoms with Crippen molar-refractivity contribution in [3.63, 3.8) is 0 Å². The maximum absolute atomic E-state index is 12.4. The van der Waals surface area contributed by atoms with Gasteiger partial charge >= 0.3 is 0 Å². The second-order valence-electron chi connectivity index (χ2n) is 6.01. The van der Waals surface area contributed by atoms with Crippen LogP contribution in [0.15, 0.2) is 48.7 Å². The maximum Gasteiger partial charge on any atom is 0.249 e. The van der Waals surface area contributed by atoms with Crippen molar-refractivity contribution in [3.05, 3.63) is 54.2 Å². The van der Waals surface area contributed by atoms with Crippen LogP contribution < -0.4 is 10.6 Å². The molecule has 3 N–H and O–H groups in total. The Balaban J connectivity index is 1.45. The fourth-order valence-electron chi connectivity index (χ4n) is 3.02. The van der Waals surface area contributed by atoms with Gasteiger partial charge in [0.15, 0.2) is 5.82 Å². The van der Waals surface area contributed by atoms with Crippen LogP contribution >= 0.6 is 0 Å². The number of amides is 2. The third-order valence-electron chi connectivity index (χ3n) is 4.18. The van der Waals surface area contributed by atoms with Crippen LogP contribution in [0.2, 0.25) is 0 Å². The van der Waals surface area contributed by atoms with Crippen molar-refractivity contribution in [1.82, 2.24) is 20.2 Å². The first-order chi connectivity index (χ1) is 12.7. The Morgan fingerprint density at radius 1 is 1.19 bits per heavy atom. The molecule has 4 rings (SSSR count). The molecule has 0 radical (unpaired) electrons. The van der Waals surface area contributed by atoms with E-state index in [2.05, 4.69) is 30.8 Å². The van der Waals surface area contributed by atoms with E-state index in [-0.39, 0.29) is 36.5 Å². The fraction of sp³-hybridized carbons (Fsp3) is 0.167. The lowest BCUT2D eigenvalue weighted by molar-refractivity contribution is -0.118. The number of carbonyl (C=O) groups excluding carboxylic acids is 2. The van der Waals surface area contributed by atoms with E-state index in [9.17, 15) is 9.59 Å². The van der Waals surface area contributed by atoms with E-state index in [0.29, 0.717) is 11.5 Å². The lowest BCUT2D eigenvalue weighted by Crippen LogP contribution is -2.26. The molecule has 1 aliphatic rings. The molecule has 3 heterocycles. The van der Waals surface area contributed by atoms with Crippen LogP contribution in [0.1, 0.15) is 24.3 Å². The first kappa shape index (κ1) is 15.9. The zero-order valence-electron chi connectivity index (χ0n) is 13.8. The quantitative estimate of drug-likeness (QED) is 0.670. The number of nitrogens with zero attached hydrogens (tertiary/aromatic N) is 3. The molecule has 1 aliphatic heterocycles. The standard InChI is InChI=1S/C18H16N6O2/c25-15-9-11(12-5-1-2-6-13(12)20-15)10-16(26)21-18-22-17(23-24-18)14-7-3-4-8-19-14/h1-8,11H,9-10H2,(H,20,25)(H2,21,22,23,24,26). The summed E-state index contributed by atoms with van der Waals surface area (Å²) in [7, 11) is 0. The predicted molar refractivity (Wildman–Crippen MR) is 95.3 cm³/mol. The van der Waals surface area contributed by atoms with E-state index in [1.165, 1.54) is 0 Å². The number of carbonyl (C=O) groups is 2. The topological polar surface area (TPSA) is 113 Å². The number of anilines is 2. The number of aromatic nitrogens is 4. The van der Waals surface area contributed by atoms with Crippen LogP contribution in [-0.2, 0) is 9.59 Å². The van der Waals surface area contributed by atoms with Crippen LogP contribution in [0, 0.1) is 0 Å². The third-order valence-corrected chi connectivity index (χ3v) is 4.18. The molecule has 130 valence electrons. The van der Waals surface area contributed by atoms with Gasteiger partial charge in [-0.1, -0.05) is 24.3 Å². The third kappa shape index (κ3) is 3.30. The van der Waals surface area contributed by atoms with Crippen molar-refractivity contribution in [1.29, 1.82) is 0 Å². The van der Waals surface area contributed by atoms with Gasteiger partial charge in [-0.25, -0.2) is 0 Å². The number of fused-ring (bicyclic) bond motifs is 1. The SMILES string of the molecule is O=C(CC1CC(=O)Nc2ccccc21)Nc1n[nH]c(-c2ccccn2)n1. The number of hydrogen-bond donors (Lipinski definition) is 3. The van der Waals surface area contributed by atoms with Crippen molar-refractivity contribution in [2.45, 2.75) is 18.8 Å². The number of rotatable bonds is 4. The zero-order valence-corrected chi connectivity index (χ0v) is 13.8. The first-order valence-electron chi connectivity index (χ1n) is 8.21. The molecule has 3 aromatic rings. The summed E-state index contributed by atoms with van der Waals surface area (Å²) < 4.78 is 0. The van der Waals surface area contributed by atoms with Crippen LogP contribution in [0.4, 0.5) is 11.6 Å². The lowest BCUT2D eigenvalue weighted by Gasteiger charge is -2.24. The van der Waals surface area contributed by atoms with Crippen molar-refractivity contribution in [2.75, 3.05) is 10.6 Å². The summed E-state index contributed by atoms with van der Waals surface area (Å²) in [5, 5.41) is 12.2. The van der Waals surface area contributed by atoms with Crippen LogP contribution in [0.3, 0.4) is 0 Å². The molecule has 1 atom stereocenters. The molecular weight excluding hydrogens is 332 g/mol. The smallest absolute Gasteiger partial charge is 0.249 e. The Labute approximate surface area is 149 Å². The van der Waals surface area contributed by atoms with Gasteiger partial charge in [0.25, 0.3) is 0 Å². The minimum atomic E-state index is -0.244. The molecule has 1 aromatic carbocycles. The molecule has 0 saturated heterocycles. The van der Waals surface area contributed by atoms with Crippen molar-refractivity contribution < 1.29 is 9.59 Å². The normalized spacial score (nSPS) is 15.8. The van der Waals surface area contributed by atoms with Crippen molar-refractivity contribution in [3.8, 4) is 11.5 Å². The van der Waals surface area contributed by atoms with E-state index in [4.69, 9.17) is 0 Å². The molecule has 8 heteroatoms. The fourth-order valence-corrected chi connectivity index (χ4v) is 3.02. The molecular formula is C18H16N6O2. The number of pyridine rings is 1. The molecule has 8 nitrogen and oxygen atoms in total. The predicted octanol–water partition coefficient (Wildman–Crippen LogP) is 2.32. The largest absolute Gasteiger partial charge is 0.326 e. The average molecular weight is 348 g/mol. The minimum absolute atomic E-state index is 0.0863. The molecule has 1 unspecified atom stereocenters. The Bertz CT molecular complexity index is 953. The van der Waals surface area contributed by atoms with Crippen LogP contribution in [0.5, 0.6) is 0 Å². The van der Waals surface area contributed by atoms with Gasteiger partial charge in [0.2, 0.25) is 17.8 Å². The van der Waals surface area contributed by atoms with Crippen molar-refractivity contribution in [2.24, 2.45) is 0 Å². The molecule has 0 aliphatic carbocycles. The van der Waals surface area contributed by atoms with Gasteiger partial charge in [-0.2, -0.15) is 4.98 Å². The molecule has 26 heavy (non-hydrogen) atoms. The summed E-state index contributed by atoms with van der Waals surface area (Å²) in [5.41, 5.74) is 2.36. The van der Waals surface area contributed by atoms with Gasteiger partial charge in [0.05, 0.1) is 0 Å². The van der Waals surface area contributed by atoms with E-state index in [1.807, 2.05) is 30.3 Å². The monoisotopic (exact) mass is 348 g/mol. The van der Waals surface area contributed by atoms with Gasteiger partial charge in [0, 0.05) is 30.6 Å². The minimum Gasteiger partial charge on any atom is -0.326 e. The van der Waals surface area contributed by atoms with E-state index in [0.717, 1.165) is 11.3 Å².